The second-order valence-corrected chi connectivity index (χ2v) is 17.9. The molecule has 64 heavy (non-hydrogen) atoms. The standard InChI is InChI=1S/C56H93NO7/c1-6-8-10-12-14-16-18-20-22-24-26-27-29-30-32-34-36-38-40-42-44-46-54(58)63-51-52(50-62-49-48-53(56(60)61)57(3,4)5)64-55(59)47-45-43-41-39-37-35-33-31-28-25-23-21-19-17-15-13-11-9-7-2/h9,11,13,15,17,19,21,23,25,27-29,31,33,35,37,52-53H,6-8,10,12,14,16,18,20,22,24,26,30,32,34,36,38-51H2,1-5H3/b11-9+,15-13+,19-17+,23-21+,28-25+,29-27+,33-31+,37-35+. The summed E-state index contributed by atoms with van der Waals surface area (Å²) in [7, 11) is 5.39. The first-order chi connectivity index (χ1) is 31.1. The van der Waals surface area contributed by atoms with Crippen LogP contribution < -0.4 is 5.11 Å². The number of unbranched alkanes of at least 4 members (excludes halogenated alkanes) is 20. The average molecular weight is 892 g/mol. The van der Waals surface area contributed by atoms with Crippen LogP contribution in [0.15, 0.2) is 97.2 Å². The van der Waals surface area contributed by atoms with Crippen molar-refractivity contribution in [1.29, 1.82) is 0 Å². The normalized spacial score (nSPS) is 13.7. The monoisotopic (exact) mass is 892 g/mol. The van der Waals surface area contributed by atoms with Crippen LogP contribution in [0.25, 0.3) is 0 Å². The Kier molecular flexibility index (Phi) is 43.1. The van der Waals surface area contributed by atoms with E-state index in [9.17, 15) is 19.5 Å². The van der Waals surface area contributed by atoms with E-state index in [0.717, 1.165) is 44.9 Å². The molecule has 0 amide bonds. The Morgan fingerprint density at radius 2 is 0.891 bits per heavy atom. The summed E-state index contributed by atoms with van der Waals surface area (Å²) in [6, 6.07) is -0.742. The van der Waals surface area contributed by atoms with Crippen LogP contribution in [0.2, 0.25) is 0 Å². The third-order valence-corrected chi connectivity index (χ3v) is 10.9. The maximum Gasteiger partial charge on any atom is 0.306 e. The van der Waals surface area contributed by atoms with Gasteiger partial charge in [0.05, 0.1) is 40.3 Å². The van der Waals surface area contributed by atoms with Gasteiger partial charge in [-0.25, -0.2) is 0 Å². The van der Waals surface area contributed by atoms with Crippen molar-refractivity contribution in [3.63, 3.8) is 0 Å². The van der Waals surface area contributed by atoms with Crippen LogP contribution in [0.3, 0.4) is 0 Å². The molecule has 0 bridgehead atoms. The van der Waals surface area contributed by atoms with Crippen LogP contribution in [-0.4, -0.2) is 75.5 Å². The van der Waals surface area contributed by atoms with Crippen molar-refractivity contribution in [3.8, 4) is 0 Å². The molecule has 0 aliphatic rings. The first-order valence-corrected chi connectivity index (χ1v) is 25.4. The number of carboxylic acids is 1. The summed E-state index contributed by atoms with van der Waals surface area (Å²) < 4.78 is 17.2. The van der Waals surface area contributed by atoms with E-state index in [0.29, 0.717) is 12.8 Å². The molecule has 0 spiro atoms. The number of likely N-dealkylation sites (N-methyl/N-ethyl adjacent to an activating group) is 1. The smallest absolute Gasteiger partial charge is 0.306 e. The van der Waals surface area contributed by atoms with Crippen molar-refractivity contribution in [2.75, 3.05) is 41.0 Å². The fourth-order valence-corrected chi connectivity index (χ4v) is 6.99. The van der Waals surface area contributed by atoms with Crippen molar-refractivity contribution in [1.82, 2.24) is 0 Å². The Bertz CT molecular complexity index is 1360. The second-order valence-electron chi connectivity index (χ2n) is 17.9. The molecule has 0 aromatic carbocycles. The zero-order valence-electron chi connectivity index (χ0n) is 41.4. The van der Waals surface area contributed by atoms with Crippen LogP contribution in [-0.2, 0) is 28.6 Å². The number of rotatable bonds is 44. The zero-order valence-corrected chi connectivity index (χ0v) is 41.4. The molecule has 2 atom stereocenters. The van der Waals surface area contributed by atoms with E-state index in [4.69, 9.17) is 14.2 Å². The Morgan fingerprint density at radius 3 is 1.36 bits per heavy atom. The van der Waals surface area contributed by atoms with Gasteiger partial charge in [-0.15, -0.1) is 0 Å². The van der Waals surface area contributed by atoms with Gasteiger partial charge in [-0.1, -0.05) is 207 Å². The van der Waals surface area contributed by atoms with Crippen LogP contribution in [0.4, 0.5) is 0 Å². The molecule has 2 unspecified atom stereocenters. The number of esters is 2. The maximum atomic E-state index is 12.8. The van der Waals surface area contributed by atoms with Crippen LogP contribution >= 0.6 is 0 Å². The molecule has 0 fully saturated rings. The summed E-state index contributed by atoms with van der Waals surface area (Å²) >= 11 is 0. The number of allylic oxidation sites excluding steroid dienone is 16. The highest BCUT2D eigenvalue weighted by atomic mass is 16.6. The molecule has 0 aliphatic heterocycles. The minimum absolute atomic E-state index is 0.0146. The van der Waals surface area contributed by atoms with E-state index in [2.05, 4.69) is 38.2 Å². The summed E-state index contributed by atoms with van der Waals surface area (Å²) in [6.45, 7) is 4.46. The quantitative estimate of drug-likeness (QED) is 0.0197. The first kappa shape index (κ1) is 60.2. The highest BCUT2D eigenvalue weighted by Gasteiger charge is 2.25. The number of ether oxygens (including phenoxy) is 3. The molecule has 0 saturated heterocycles. The fraction of sp³-hybridized carbons (Fsp3) is 0.661. The third-order valence-electron chi connectivity index (χ3n) is 10.9. The van der Waals surface area contributed by atoms with Gasteiger partial charge in [-0.05, 0) is 57.8 Å². The SMILES string of the molecule is CC/C=C/C=C/C=C/C=C/C=C/C=C/C=C/CCCCCC(=O)OC(COCCC(C(=O)[O-])[N+](C)(C)C)COC(=O)CCCCCCCCC/C=C/CCCCCCCCCCCC. The summed E-state index contributed by atoms with van der Waals surface area (Å²) in [5.74, 6) is -1.81. The molecule has 0 rings (SSSR count). The Hall–Kier alpha value is -3.75. The molecule has 0 aliphatic carbocycles. The number of nitrogens with zero attached hydrogens (tertiary/aromatic N) is 1. The summed E-state index contributed by atoms with van der Waals surface area (Å²) in [5, 5.41) is 11.7. The van der Waals surface area contributed by atoms with Gasteiger partial charge in [0.1, 0.15) is 12.6 Å². The lowest BCUT2D eigenvalue weighted by atomic mass is 10.1. The van der Waals surface area contributed by atoms with Crippen molar-refractivity contribution >= 4 is 17.9 Å². The predicted octanol–water partition coefficient (Wildman–Crippen LogP) is 13.3. The summed E-state index contributed by atoms with van der Waals surface area (Å²) in [4.78, 5) is 37.0. The van der Waals surface area contributed by atoms with E-state index in [1.165, 1.54) is 103 Å². The Labute approximate surface area is 392 Å². The average Bonchev–Trinajstić information content (AvgIpc) is 3.26. The van der Waals surface area contributed by atoms with Gasteiger partial charge < -0.3 is 28.6 Å². The molecule has 0 aromatic rings. The van der Waals surface area contributed by atoms with Crippen LogP contribution in [0.1, 0.15) is 187 Å². The van der Waals surface area contributed by atoms with E-state index < -0.39 is 18.1 Å². The van der Waals surface area contributed by atoms with Crippen molar-refractivity contribution < 1.29 is 38.2 Å². The number of quaternary nitrogens is 1. The number of aliphatic carboxylic acids is 1. The maximum absolute atomic E-state index is 12.8. The molecular weight excluding hydrogens is 799 g/mol. The van der Waals surface area contributed by atoms with Crippen molar-refractivity contribution in [2.45, 2.75) is 199 Å². The van der Waals surface area contributed by atoms with Gasteiger partial charge in [0.25, 0.3) is 0 Å². The zero-order chi connectivity index (χ0) is 47.0. The van der Waals surface area contributed by atoms with Crippen LogP contribution in [0, 0.1) is 0 Å². The highest BCUT2D eigenvalue weighted by Crippen LogP contribution is 2.14. The van der Waals surface area contributed by atoms with Gasteiger partial charge in [-0.2, -0.15) is 0 Å². The topological polar surface area (TPSA) is 102 Å². The molecular formula is C56H93NO7. The fourth-order valence-electron chi connectivity index (χ4n) is 6.99. The number of carbonyl (C=O) groups is 3. The largest absolute Gasteiger partial charge is 0.544 e. The first-order valence-electron chi connectivity index (χ1n) is 25.4. The molecule has 8 nitrogen and oxygen atoms in total. The summed E-state index contributed by atoms with van der Waals surface area (Å²) in [6.07, 6.45) is 61.5. The van der Waals surface area contributed by atoms with Crippen LogP contribution in [0.5, 0.6) is 0 Å². The highest BCUT2D eigenvalue weighted by molar-refractivity contribution is 5.70. The molecule has 0 aromatic heterocycles. The molecule has 0 radical (unpaired) electrons. The van der Waals surface area contributed by atoms with E-state index in [1.807, 2.05) is 72.9 Å². The summed E-state index contributed by atoms with van der Waals surface area (Å²) in [5.41, 5.74) is 0. The van der Waals surface area contributed by atoms with E-state index >= 15 is 0 Å². The molecule has 0 saturated carbocycles. The third kappa shape index (κ3) is 43.5. The molecule has 0 N–H and O–H groups in total. The number of hydrogen-bond donors (Lipinski definition) is 0. The lowest BCUT2D eigenvalue weighted by Gasteiger charge is -2.34. The lowest BCUT2D eigenvalue weighted by Crippen LogP contribution is -2.55. The van der Waals surface area contributed by atoms with Gasteiger partial charge in [0.2, 0.25) is 0 Å². The molecule has 364 valence electrons. The van der Waals surface area contributed by atoms with E-state index in [-0.39, 0.29) is 49.1 Å². The molecule has 8 heteroatoms. The minimum atomic E-state index is -1.14. The van der Waals surface area contributed by atoms with Gasteiger partial charge in [0, 0.05) is 19.3 Å². The number of carboxylic acid groups (broad SMARTS) is 1. The van der Waals surface area contributed by atoms with Gasteiger partial charge in [-0.3, -0.25) is 9.59 Å². The predicted molar refractivity (Wildman–Crippen MR) is 268 cm³/mol. The van der Waals surface area contributed by atoms with E-state index in [1.54, 1.807) is 21.1 Å². The Morgan fingerprint density at radius 1 is 0.484 bits per heavy atom. The van der Waals surface area contributed by atoms with Gasteiger partial charge >= 0.3 is 11.9 Å². The van der Waals surface area contributed by atoms with Gasteiger partial charge in [0.15, 0.2) is 6.10 Å². The lowest BCUT2D eigenvalue weighted by molar-refractivity contribution is -0.889. The molecule has 0 heterocycles. The van der Waals surface area contributed by atoms with Crippen molar-refractivity contribution in [2.24, 2.45) is 0 Å². The second kappa shape index (κ2) is 45.8. The number of carbonyl (C=O) groups excluding carboxylic acids is 3. The minimum Gasteiger partial charge on any atom is -0.544 e. The number of hydrogen-bond acceptors (Lipinski definition) is 7. The van der Waals surface area contributed by atoms with Crippen molar-refractivity contribution in [3.05, 3.63) is 97.2 Å². The Balaban J connectivity index is 4.37.